The molecule has 1 nitrogen and oxygen atoms in total. The first kappa shape index (κ1) is 6.01. The van der Waals surface area contributed by atoms with E-state index in [-0.39, 0.29) is 6.10 Å². The molecule has 0 saturated heterocycles. The molecule has 2 fully saturated rings. The van der Waals surface area contributed by atoms with Gasteiger partial charge < -0.3 is 5.11 Å². The maximum absolute atomic E-state index is 9.61. The fourth-order valence-electron chi connectivity index (χ4n) is 3.01. The third kappa shape index (κ3) is 0.603. The molecular weight excluding hydrogens is 136 g/mol. The molecule has 3 aliphatic carbocycles. The van der Waals surface area contributed by atoms with E-state index in [4.69, 9.17) is 0 Å². The van der Waals surface area contributed by atoms with Gasteiger partial charge in [-0.15, -0.1) is 0 Å². The Morgan fingerprint density at radius 3 is 3.18 bits per heavy atom. The van der Waals surface area contributed by atoms with Gasteiger partial charge in [0.25, 0.3) is 0 Å². The maximum Gasteiger partial charge on any atom is 0.0583 e. The second-order valence-corrected chi connectivity index (χ2v) is 3.98. The molecule has 2 saturated carbocycles. The van der Waals surface area contributed by atoms with Gasteiger partial charge in [-0.25, -0.2) is 0 Å². The number of fused-ring (bicyclic) bond motifs is 5. The second kappa shape index (κ2) is 1.78. The molecule has 4 atom stereocenters. The highest BCUT2D eigenvalue weighted by Crippen LogP contribution is 2.54. The zero-order valence-corrected chi connectivity index (χ0v) is 6.40. The topological polar surface area (TPSA) is 20.2 Å². The molecular formula is C10H12O. The van der Waals surface area contributed by atoms with Gasteiger partial charge in [0, 0.05) is 5.92 Å². The number of hydrogen-bond donors (Lipinski definition) is 1. The number of hydrogen-bond acceptors (Lipinski definition) is 1. The molecule has 0 aromatic heterocycles. The maximum atomic E-state index is 9.61. The van der Waals surface area contributed by atoms with Crippen LogP contribution in [0, 0.1) is 17.8 Å². The van der Waals surface area contributed by atoms with Crippen molar-refractivity contribution in [3.63, 3.8) is 0 Å². The summed E-state index contributed by atoms with van der Waals surface area (Å²) >= 11 is 0. The Morgan fingerprint density at radius 2 is 2.27 bits per heavy atom. The van der Waals surface area contributed by atoms with Gasteiger partial charge in [-0.05, 0) is 24.7 Å². The lowest BCUT2D eigenvalue weighted by Crippen LogP contribution is -2.23. The van der Waals surface area contributed by atoms with E-state index in [2.05, 4.69) is 18.2 Å². The predicted molar refractivity (Wildman–Crippen MR) is 42.9 cm³/mol. The summed E-state index contributed by atoms with van der Waals surface area (Å²) in [5, 5.41) is 9.61. The quantitative estimate of drug-likeness (QED) is 0.552. The smallest absolute Gasteiger partial charge is 0.0583 e. The highest BCUT2D eigenvalue weighted by Gasteiger charge is 2.48. The summed E-state index contributed by atoms with van der Waals surface area (Å²) in [4.78, 5) is 0. The van der Waals surface area contributed by atoms with Gasteiger partial charge in [0.2, 0.25) is 0 Å². The van der Waals surface area contributed by atoms with E-state index in [1.807, 2.05) is 0 Å². The van der Waals surface area contributed by atoms with Crippen molar-refractivity contribution in [1.29, 1.82) is 0 Å². The first-order valence-corrected chi connectivity index (χ1v) is 4.42. The monoisotopic (exact) mass is 148 g/mol. The summed E-state index contributed by atoms with van der Waals surface area (Å²) in [5.74, 6) is 1.89. The van der Waals surface area contributed by atoms with Gasteiger partial charge in [0.05, 0.1) is 6.10 Å². The van der Waals surface area contributed by atoms with Gasteiger partial charge in [-0.2, -0.15) is 0 Å². The van der Waals surface area contributed by atoms with Crippen molar-refractivity contribution in [3.8, 4) is 0 Å². The Morgan fingerprint density at radius 1 is 1.36 bits per heavy atom. The van der Waals surface area contributed by atoms with E-state index in [1.54, 1.807) is 5.57 Å². The van der Waals surface area contributed by atoms with Crippen LogP contribution in [0.15, 0.2) is 23.8 Å². The molecule has 0 heterocycles. The number of rotatable bonds is 0. The minimum absolute atomic E-state index is 0.00935. The Labute approximate surface area is 66.4 Å². The molecule has 0 radical (unpaired) electrons. The summed E-state index contributed by atoms with van der Waals surface area (Å²) in [7, 11) is 0. The van der Waals surface area contributed by atoms with Crippen LogP contribution in [0.3, 0.4) is 0 Å². The fraction of sp³-hybridized carbons (Fsp3) is 0.600. The molecule has 11 heavy (non-hydrogen) atoms. The van der Waals surface area contributed by atoms with Crippen LogP contribution >= 0.6 is 0 Å². The largest absolute Gasteiger partial charge is 0.393 e. The van der Waals surface area contributed by atoms with Crippen molar-refractivity contribution < 1.29 is 5.11 Å². The van der Waals surface area contributed by atoms with E-state index in [0.717, 1.165) is 12.3 Å². The minimum atomic E-state index is -0.00935. The van der Waals surface area contributed by atoms with Crippen LogP contribution in [0.1, 0.15) is 12.8 Å². The van der Waals surface area contributed by atoms with Crippen molar-refractivity contribution in [2.75, 3.05) is 0 Å². The standard InChI is InChI=1S/C10H12O/c11-10-5-6-4-9(10)8-3-1-2-7(6)8/h1-3,6,8-11H,4-5H2. The zero-order chi connectivity index (χ0) is 7.42. The Balaban J connectivity index is 2.03. The van der Waals surface area contributed by atoms with Gasteiger partial charge in [0.15, 0.2) is 0 Å². The molecule has 0 spiro atoms. The number of aliphatic hydroxyl groups excluding tert-OH is 1. The molecule has 4 unspecified atom stereocenters. The van der Waals surface area contributed by atoms with E-state index in [0.29, 0.717) is 11.8 Å². The first-order valence-electron chi connectivity index (χ1n) is 4.42. The Bertz CT molecular complexity index is 252. The third-order valence-corrected chi connectivity index (χ3v) is 3.50. The Kier molecular flexibility index (Phi) is 0.972. The summed E-state index contributed by atoms with van der Waals surface area (Å²) < 4.78 is 0. The summed E-state index contributed by atoms with van der Waals surface area (Å²) in [6.07, 6.45) is 8.90. The molecule has 1 heteroatoms. The second-order valence-electron chi connectivity index (χ2n) is 3.98. The van der Waals surface area contributed by atoms with Crippen LogP contribution in [0.5, 0.6) is 0 Å². The fourth-order valence-corrected chi connectivity index (χ4v) is 3.01. The average Bonchev–Trinajstić information content (AvgIpc) is 2.52. The molecule has 0 aromatic carbocycles. The molecule has 0 aliphatic heterocycles. The number of aliphatic hydroxyl groups is 1. The van der Waals surface area contributed by atoms with Crippen LogP contribution < -0.4 is 0 Å². The third-order valence-electron chi connectivity index (χ3n) is 3.50. The molecule has 3 rings (SSSR count). The van der Waals surface area contributed by atoms with Crippen LogP contribution in [0.2, 0.25) is 0 Å². The summed E-state index contributed by atoms with van der Waals surface area (Å²) in [6, 6.07) is 0. The van der Waals surface area contributed by atoms with E-state index in [1.165, 1.54) is 6.42 Å². The van der Waals surface area contributed by atoms with Crippen molar-refractivity contribution in [3.05, 3.63) is 23.8 Å². The van der Waals surface area contributed by atoms with Gasteiger partial charge in [-0.1, -0.05) is 23.8 Å². The highest BCUT2D eigenvalue weighted by atomic mass is 16.3. The van der Waals surface area contributed by atoms with E-state index < -0.39 is 0 Å². The molecule has 0 aromatic rings. The van der Waals surface area contributed by atoms with Crippen LogP contribution in [0.4, 0.5) is 0 Å². The van der Waals surface area contributed by atoms with Crippen molar-refractivity contribution in [1.82, 2.24) is 0 Å². The zero-order valence-electron chi connectivity index (χ0n) is 6.40. The van der Waals surface area contributed by atoms with Crippen LogP contribution in [-0.2, 0) is 0 Å². The molecule has 3 aliphatic rings. The summed E-state index contributed by atoms with van der Waals surface area (Å²) in [5.41, 5.74) is 1.60. The molecule has 1 N–H and O–H groups in total. The van der Waals surface area contributed by atoms with Crippen molar-refractivity contribution in [2.24, 2.45) is 17.8 Å². The molecule has 0 amide bonds. The van der Waals surface area contributed by atoms with Crippen molar-refractivity contribution in [2.45, 2.75) is 18.9 Å². The molecule has 2 bridgehead atoms. The minimum Gasteiger partial charge on any atom is -0.393 e. The van der Waals surface area contributed by atoms with Crippen LogP contribution in [-0.4, -0.2) is 11.2 Å². The lowest BCUT2D eigenvalue weighted by Gasteiger charge is -2.23. The summed E-state index contributed by atoms with van der Waals surface area (Å²) in [6.45, 7) is 0. The average molecular weight is 148 g/mol. The Hall–Kier alpha value is -0.560. The van der Waals surface area contributed by atoms with Crippen LogP contribution in [0.25, 0.3) is 0 Å². The van der Waals surface area contributed by atoms with Gasteiger partial charge in [-0.3, -0.25) is 0 Å². The predicted octanol–water partition coefficient (Wildman–Crippen LogP) is 1.50. The lowest BCUT2D eigenvalue weighted by atomic mass is 9.85. The lowest BCUT2D eigenvalue weighted by molar-refractivity contribution is 0.110. The first-order chi connectivity index (χ1) is 5.36. The number of allylic oxidation sites excluding steroid dienone is 4. The molecule has 58 valence electrons. The van der Waals surface area contributed by atoms with Gasteiger partial charge >= 0.3 is 0 Å². The highest BCUT2D eigenvalue weighted by molar-refractivity contribution is 5.36. The normalized spacial score (nSPS) is 51.5. The van der Waals surface area contributed by atoms with Crippen molar-refractivity contribution >= 4 is 0 Å². The van der Waals surface area contributed by atoms with Gasteiger partial charge in [0.1, 0.15) is 0 Å². The SMILES string of the molecule is OC1CC2CC1C1C=CC=C21. The van der Waals surface area contributed by atoms with E-state index >= 15 is 0 Å². The van der Waals surface area contributed by atoms with E-state index in [9.17, 15) is 5.11 Å².